The van der Waals surface area contributed by atoms with Crippen LogP contribution < -0.4 is 4.90 Å². The van der Waals surface area contributed by atoms with Gasteiger partial charge in [-0.25, -0.2) is 4.98 Å². The van der Waals surface area contributed by atoms with Gasteiger partial charge in [0.25, 0.3) is 5.91 Å². The van der Waals surface area contributed by atoms with Crippen LogP contribution in [0, 0.1) is 11.3 Å². The van der Waals surface area contributed by atoms with Gasteiger partial charge in [0.05, 0.1) is 17.8 Å². The minimum Gasteiger partial charge on any atom is -0.356 e. The number of ether oxygens (including phenoxy) is 1. The van der Waals surface area contributed by atoms with Crippen molar-refractivity contribution in [3.05, 3.63) is 42.0 Å². The van der Waals surface area contributed by atoms with Crippen molar-refractivity contribution in [2.75, 3.05) is 18.0 Å². The Hall–Kier alpha value is -3.45. The second kappa shape index (κ2) is 6.52. The van der Waals surface area contributed by atoms with Gasteiger partial charge in [0.15, 0.2) is 11.2 Å². The molecule has 3 fully saturated rings. The van der Waals surface area contributed by atoms with Gasteiger partial charge in [0.1, 0.15) is 24.4 Å². The molecule has 3 aliphatic rings. The summed E-state index contributed by atoms with van der Waals surface area (Å²) in [4.78, 5) is 21.9. The highest BCUT2D eigenvalue weighted by Crippen LogP contribution is 2.47. The molecule has 1 spiro atoms. The van der Waals surface area contributed by atoms with Gasteiger partial charge >= 0.3 is 0 Å². The molecule has 3 aromatic heterocycles. The van der Waals surface area contributed by atoms with Crippen molar-refractivity contribution >= 4 is 17.4 Å². The van der Waals surface area contributed by atoms with E-state index in [0.717, 1.165) is 24.2 Å². The predicted octanol–water partition coefficient (Wildman–Crippen LogP) is 1.39. The summed E-state index contributed by atoms with van der Waals surface area (Å²) in [5.41, 5.74) is 1.36. The maximum absolute atomic E-state index is 13.5. The lowest BCUT2D eigenvalue weighted by Gasteiger charge is -2.38. The first-order chi connectivity index (χ1) is 15.1. The highest BCUT2D eigenvalue weighted by Gasteiger charge is 2.58. The fourth-order valence-electron chi connectivity index (χ4n) is 5.30. The van der Waals surface area contributed by atoms with Gasteiger partial charge in [-0.15, -0.1) is 0 Å². The van der Waals surface area contributed by atoms with Gasteiger partial charge in [-0.05, 0) is 25.0 Å². The van der Waals surface area contributed by atoms with Crippen molar-refractivity contribution in [1.82, 2.24) is 29.3 Å². The lowest BCUT2D eigenvalue weighted by atomic mass is 9.89. The highest BCUT2D eigenvalue weighted by molar-refractivity contribution is 5.88. The smallest absolute Gasteiger partial charge is 0.257 e. The van der Waals surface area contributed by atoms with E-state index in [1.54, 1.807) is 15.3 Å². The Labute approximate surface area is 178 Å². The largest absolute Gasteiger partial charge is 0.356 e. The van der Waals surface area contributed by atoms with Gasteiger partial charge in [0, 0.05) is 44.7 Å². The molecule has 0 unspecified atom stereocenters. The normalized spacial score (nSPS) is 24.8. The number of pyridine rings is 1. The summed E-state index contributed by atoms with van der Waals surface area (Å²) >= 11 is 0. The molecule has 2 atom stereocenters. The zero-order valence-corrected chi connectivity index (χ0v) is 17.2. The van der Waals surface area contributed by atoms with Crippen LogP contribution in [0.3, 0.4) is 0 Å². The Balaban J connectivity index is 1.23. The number of nitrogens with zero attached hydrogens (tertiary/aromatic N) is 8. The van der Waals surface area contributed by atoms with Crippen molar-refractivity contribution < 1.29 is 9.53 Å². The summed E-state index contributed by atoms with van der Waals surface area (Å²) in [5, 5.41) is 17.9. The van der Waals surface area contributed by atoms with Crippen LogP contribution >= 0.6 is 0 Å². The molecule has 0 aliphatic carbocycles. The highest BCUT2D eigenvalue weighted by atomic mass is 16.6. The molecule has 31 heavy (non-hydrogen) atoms. The number of carbonyl (C=O) groups is 1. The molecular weight excluding hydrogens is 396 g/mol. The topological polar surface area (TPSA) is 105 Å². The van der Waals surface area contributed by atoms with E-state index < -0.39 is 5.60 Å². The molecule has 10 nitrogen and oxygen atoms in total. The lowest BCUT2D eigenvalue weighted by Crippen LogP contribution is -2.50. The van der Waals surface area contributed by atoms with Crippen LogP contribution in [0.2, 0.25) is 0 Å². The first-order valence-corrected chi connectivity index (χ1v) is 10.6. The van der Waals surface area contributed by atoms with Gasteiger partial charge in [0.2, 0.25) is 0 Å². The third-order valence-electron chi connectivity index (χ3n) is 6.85. The minimum atomic E-state index is -0.754. The summed E-state index contributed by atoms with van der Waals surface area (Å²) in [5.74, 6) is 0.981. The molecule has 0 radical (unpaired) electrons. The third kappa shape index (κ3) is 2.59. The first kappa shape index (κ1) is 18.3. The average Bonchev–Trinajstić information content (AvgIpc) is 3.55. The van der Waals surface area contributed by atoms with Gasteiger partial charge < -0.3 is 14.5 Å². The van der Waals surface area contributed by atoms with Crippen LogP contribution in [0.4, 0.5) is 5.82 Å². The Kier molecular flexibility index (Phi) is 3.86. The van der Waals surface area contributed by atoms with E-state index >= 15 is 0 Å². The zero-order valence-electron chi connectivity index (χ0n) is 17.2. The Morgan fingerprint density at radius 1 is 1.23 bits per heavy atom. The fourth-order valence-corrected chi connectivity index (χ4v) is 5.30. The van der Waals surface area contributed by atoms with E-state index in [0.29, 0.717) is 37.1 Å². The molecule has 1 amide bonds. The molecule has 3 aromatic rings. The molecule has 0 bridgehead atoms. The monoisotopic (exact) mass is 418 g/mol. The van der Waals surface area contributed by atoms with Crippen molar-refractivity contribution in [2.45, 2.75) is 43.6 Å². The van der Waals surface area contributed by atoms with Gasteiger partial charge in [-0.2, -0.15) is 20.0 Å². The molecule has 0 saturated carbocycles. The average molecular weight is 418 g/mol. The molecule has 0 N–H and O–H groups in total. The van der Waals surface area contributed by atoms with Crippen molar-refractivity contribution in [3.63, 3.8) is 0 Å². The number of carbonyl (C=O) groups excluding carboxylic acids is 1. The van der Waals surface area contributed by atoms with E-state index in [2.05, 4.69) is 26.2 Å². The van der Waals surface area contributed by atoms with Gasteiger partial charge in [-0.1, -0.05) is 0 Å². The van der Waals surface area contributed by atoms with Crippen LogP contribution in [0.1, 0.15) is 42.9 Å². The van der Waals surface area contributed by atoms with E-state index in [1.807, 2.05) is 30.4 Å². The summed E-state index contributed by atoms with van der Waals surface area (Å²) in [6.07, 6.45) is 8.14. The number of rotatable bonds is 2. The fraction of sp³-hybridized carbons (Fsp3) is 0.476. The maximum Gasteiger partial charge on any atom is 0.257 e. The number of aryl methyl sites for hydroxylation is 1. The molecule has 6 heterocycles. The molecule has 3 saturated heterocycles. The summed E-state index contributed by atoms with van der Waals surface area (Å²) < 4.78 is 9.90. The second-order valence-corrected chi connectivity index (χ2v) is 8.52. The first-order valence-electron chi connectivity index (χ1n) is 10.6. The quantitative estimate of drug-likeness (QED) is 0.619. The van der Waals surface area contributed by atoms with Crippen LogP contribution in [-0.4, -0.2) is 60.1 Å². The van der Waals surface area contributed by atoms with Crippen LogP contribution in [0.25, 0.3) is 5.65 Å². The Bertz CT molecular complexity index is 1220. The van der Waals surface area contributed by atoms with Crippen LogP contribution in [0.5, 0.6) is 0 Å². The number of nitriles is 1. The molecule has 10 heteroatoms. The van der Waals surface area contributed by atoms with Crippen molar-refractivity contribution in [3.8, 4) is 6.07 Å². The van der Waals surface area contributed by atoms with E-state index in [1.165, 1.54) is 6.33 Å². The van der Waals surface area contributed by atoms with Crippen molar-refractivity contribution in [2.24, 2.45) is 7.05 Å². The number of piperidine rings is 1. The van der Waals surface area contributed by atoms with E-state index in [4.69, 9.17) is 4.74 Å². The third-order valence-corrected chi connectivity index (χ3v) is 6.85. The molecule has 158 valence electrons. The van der Waals surface area contributed by atoms with Crippen LogP contribution in [-0.2, 0) is 16.6 Å². The zero-order chi connectivity index (χ0) is 21.2. The van der Waals surface area contributed by atoms with Crippen LogP contribution in [0.15, 0.2) is 30.9 Å². The summed E-state index contributed by atoms with van der Waals surface area (Å²) in [6, 6.07) is 5.86. The molecule has 3 aliphatic heterocycles. The molecule has 6 rings (SSSR count). The minimum absolute atomic E-state index is 0.0388. The lowest BCUT2D eigenvalue weighted by molar-refractivity contribution is -0.140. The maximum atomic E-state index is 13.5. The number of hydrogen-bond donors (Lipinski definition) is 0. The van der Waals surface area contributed by atoms with E-state index in [9.17, 15) is 10.1 Å². The number of aromatic nitrogens is 5. The van der Waals surface area contributed by atoms with E-state index in [-0.39, 0.29) is 18.2 Å². The predicted molar refractivity (Wildman–Crippen MR) is 109 cm³/mol. The second-order valence-electron chi connectivity index (χ2n) is 8.52. The standard InChI is InChI=1S/C21H22N8O2/c1-26-12-15(11-24-26)16-3-5-18-28(16)20(30)21(31-18)6-8-27(9-7-21)17-4-2-14(10-22)19-23-13-25-29(17)19/h2,4,11-13,16,18H,3,5-9H2,1H3/t16-,18+/m0/s1. The number of anilines is 1. The SMILES string of the molecule is Cn1cc([C@@H]2CC[C@H]3OC4(CCN(c5ccc(C#N)c6ncnn56)CC4)C(=O)N32)cn1. The molecule has 0 aromatic carbocycles. The Morgan fingerprint density at radius 2 is 2.06 bits per heavy atom. The number of hydrogen-bond acceptors (Lipinski definition) is 7. The van der Waals surface area contributed by atoms with Gasteiger partial charge in [-0.3, -0.25) is 9.48 Å². The molecular formula is C21H22N8O2. The Morgan fingerprint density at radius 3 is 2.81 bits per heavy atom. The van der Waals surface area contributed by atoms with Crippen molar-refractivity contribution in [1.29, 1.82) is 5.26 Å². The summed E-state index contributed by atoms with van der Waals surface area (Å²) in [6.45, 7) is 1.34. The number of amides is 1. The number of fused-ring (bicyclic) bond motifs is 2. The summed E-state index contributed by atoms with van der Waals surface area (Å²) in [7, 11) is 1.89.